The van der Waals surface area contributed by atoms with Crippen molar-refractivity contribution in [3.63, 3.8) is 0 Å². The molecule has 6 nitrogen and oxygen atoms in total. The van der Waals surface area contributed by atoms with Gasteiger partial charge in [-0.05, 0) is 17.5 Å². The van der Waals surface area contributed by atoms with Crippen molar-refractivity contribution in [2.24, 2.45) is 7.05 Å². The van der Waals surface area contributed by atoms with Gasteiger partial charge in [-0.25, -0.2) is 4.79 Å². The molecule has 5 rings (SSSR count). The fourth-order valence-corrected chi connectivity index (χ4v) is 4.31. The SMILES string of the molecule is CCc1ccc(C2C3=C(Nc4c2c(=O)[nH]c(=O)n4C)c2ccccc2C3=O)cc1. The van der Waals surface area contributed by atoms with E-state index in [4.69, 9.17) is 0 Å². The fraction of sp³-hybridized carbons (Fsp3) is 0.174. The monoisotopic (exact) mass is 385 g/mol. The number of ketones is 1. The molecule has 2 heterocycles. The van der Waals surface area contributed by atoms with E-state index in [1.807, 2.05) is 42.5 Å². The van der Waals surface area contributed by atoms with Gasteiger partial charge in [0.1, 0.15) is 5.82 Å². The number of aromatic amines is 1. The zero-order chi connectivity index (χ0) is 20.3. The number of fused-ring (bicyclic) bond motifs is 3. The first-order valence-corrected chi connectivity index (χ1v) is 9.58. The van der Waals surface area contributed by atoms with E-state index in [9.17, 15) is 14.4 Å². The smallest absolute Gasteiger partial charge is 0.329 e. The Morgan fingerprint density at radius 2 is 1.66 bits per heavy atom. The van der Waals surface area contributed by atoms with E-state index in [-0.39, 0.29) is 5.78 Å². The van der Waals surface area contributed by atoms with Crippen LogP contribution in [0.4, 0.5) is 5.82 Å². The minimum atomic E-state index is -0.553. The summed E-state index contributed by atoms with van der Waals surface area (Å²) in [5.41, 5.74) is 4.05. The molecule has 0 radical (unpaired) electrons. The molecule has 0 bridgehead atoms. The maximum absolute atomic E-state index is 13.3. The molecule has 1 aliphatic heterocycles. The van der Waals surface area contributed by atoms with Crippen LogP contribution in [0.3, 0.4) is 0 Å². The minimum absolute atomic E-state index is 0.0911. The maximum Gasteiger partial charge on any atom is 0.329 e. The van der Waals surface area contributed by atoms with Crippen LogP contribution >= 0.6 is 0 Å². The molecule has 0 amide bonds. The summed E-state index contributed by atoms with van der Waals surface area (Å²) in [5.74, 6) is -0.222. The zero-order valence-electron chi connectivity index (χ0n) is 16.1. The Morgan fingerprint density at radius 1 is 0.966 bits per heavy atom. The molecule has 0 saturated heterocycles. The topological polar surface area (TPSA) is 84.0 Å². The van der Waals surface area contributed by atoms with Gasteiger partial charge in [0.05, 0.1) is 11.3 Å². The van der Waals surface area contributed by atoms with Gasteiger partial charge in [-0.15, -0.1) is 0 Å². The number of Topliss-reactive ketones (excluding diaryl/α,β-unsaturated/α-hetero) is 1. The predicted molar refractivity (Wildman–Crippen MR) is 111 cm³/mol. The average Bonchev–Trinajstić information content (AvgIpc) is 3.03. The zero-order valence-corrected chi connectivity index (χ0v) is 16.1. The van der Waals surface area contributed by atoms with Crippen LogP contribution in [-0.2, 0) is 13.5 Å². The highest BCUT2D eigenvalue weighted by Crippen LogP contribution is 2.47. The lowest BCUT2D eigenvalue weighted by Gasteiger charge is -2.29. The lowest BCUT2D eigenvalue weighted by Crippen LogP contribution is -2.37. The summed E-state index contributed by atoms with van der Waals surface area (Å²) in [6.07, 6.45) is 0.899. The summed E-state index contributed by atoms with van der Waals surface area (Å²) in [7, 11) is 1.61. The van der Waals surface area contributed by atoms with Crippen LogP contribution in [0, 0.1) is 0 Å². The fourth-order valence-electron chi connectivity index (χ4n) is 4.31. The number of nitrogens with zero attached hydrogens (tertiary/aromatic N) is 1. The molecular formula is C23H19N3O3. The molecule has 6 heteroatoms. The molecule has 1 atom stereocenters. The summed E-state index contributed by atoms with van der Waals surface area (Å²) in [6.45, 7) is 2.08. The number of aromatic nitrogens is 2. The molecule has 1 unspecified atom stereocenters. The van der Waals surface area contributed by atoms with Crippen molar-refractivity contribution >= 4 is 17.3 Å². The van der Waals surface area contributed by atoms with Crippen molar-refractivity contribution in [2.75, 3.05) is 5.32 Å². The highest BCUT2D eigenvalue weighted by molar-refractivity contribution is 6.23. The Hall–Kier alpha value is -3.67. The van der Waals surface area contributed by atoms with E-state index in [1.165, 1.54) is 10.1 Å². The molecule has 2 N–H and O–H groups in total. The lowest BCUT2D eigenvalue weighted by molar-refractivity contribution is 0.103. The number of rotatable bonds is 2. The number of benzene rings is 2. The Morgan fingerprint density at radius 3 is 2.34 bits per heavy atom. The number of hydrogen-bond acceptors (Lipinski definition) is 4. The number of H-pyrrole nitrogens is 1. The van der Waals surface area contributed by atoms with Gasteiger partial charge >= 0.3 is 5.69 Å². The van der Waals surface area contributed by atoms with Gasteiger partial charge in [-0.2, -0.15) is 0 Å². The molecule has 144 valence electrons. The van der Waals surface area contributed by atoms with E-state index < -0.39 is 17.2 Å². The number of anilines is 1. The third-order valence-electron chi connectivity index (χ3n) is 5.86. The molecule has 0 spiro atoms. The molecule has 3 aromatic rings. The second-order valence-electron chi connectivity index (χ2n) is 7.40. The Kier molecular flexibility index (Phi) is 3.71. The van der Waals surface area contributed by atoms with Crippen LogP contribution in [-0.4, -0.2) is 15.3 Å². The number of hydrogen-bond donors (Lipinski definition) is 2. The molecule has 1 aromatic heterocycles. The van der Waals surface area contributed by atoms with Gasteiger partial charge in [0, 0.05) is 29.7 Å². The highest BCUT2D eigenvalue weighted by atomic mass is 16.2. The number of allylic oxidation sites excluding steroid dienone is 1. The molecule has 0 fully saturated rings. The Labute approximate surface area is 166 Å². The predicted octanol–water partition coefficient (Wildman–Crippen LogP) is 2.80. The summed E-state index contributed by atoms with van der Waals surface area (Å²) < 4.78 is 1.39. The van der Waals surface area contributed by atoms with Crippen LogP contribution in [0.1, 0.15) is 45.5 Å². The Balaban J connectivity index is 1.83. The second-order valence-corrected chi connectivity index (χ2v) is 7.40. The lowest BCUT2D eigenvalue weighted by atomic mass is 9.81. The van der Waals surface area contributed by atoms with Crippen molar-refractivity contribution in [1.29, 1.82) is 0 Å². The first-order chi connectivity index (χ1) is 14.0. The van der Waals surface area contributed by atoms with E-state index in [1.54, 1.807) is 13.1 Å². The standard InChI is InChI=1S/C23H19N3O3/c1-3-12-8-10-13(11-9-12)16-17-19(14-6-4-5-7-15(14)20(17)27)24-21-18(16)22(28)25-23(29)26(21)2/h4-11,16,24H,3H2,1-2H3,(H,25,28,29). The van der Waals surface area contributed by atoms with E-state index in [0.717, 1.165) is 17.5 Å². The van der Waals surface area contributed by atoms with E-state index in [2.05, 4.69) is 17.2 Å². The maximum atomic E-state index is 13.3. The third kappa shape index (κ3) is 2.38. The third-order valence-corrected chi connectivity index (χ3v) is 5.86. The van der Waals surface area contributed by atoms with Crippen LogP contribution in [0.2, 0.25) is 0 Å². The molecule has 2 aromatic carbocycles. The summed E-state index contributed by atoms with van der Waals surface area (Å²) >= 11 is 0. The highest BCUT2D eigenvalue weighted by Gasteiger charge is 2.42. The van der Waals surface area contributed by atoms with Crippen LogP contribution in [0.25, 0.3) is 5.70 Å². The van der Waals surface area contributed by atoms with Gasteiger partial charge in [0.25, 0.3) is 5.56 Å². The second kappa shape index (κ2) is 6.17. The van der Waals surface area contributed by atoms with Crippen LogP contribution in [0.5, 0.6) is 0 Å². The number of carbonyl (C=O) groups excluding carboxylic acids is 1. The molecule has 1 aliphatic carbocycles. The van der Waals surface area contributed by atoms with Crippen molar-refractivity contribution in [2.45, 2.75) is 19.3 Å². The number of carbonyl (C=O) groups is 1. The number of aryl methyl sites for hydroxylation is 1. The van der Waals surface area contributed by atoms with E-state index in [0.29, 0.717) is 28.2 Å². The normalized spacial score (nSPS) is 16.9. The van der Waals surface area contributed by atoms with Gasteiger partial charge < -0.3 is 5.32 Å². The minimum Gasteiger partial charge on any atom is -0.340 e. The van der Waals surface area contributed by atoms with Crippen LogP contribution < -0.4 is 16.6 Å². The summed E-state index contributed by atoms with van der Waals surface area (Å²) in [6, 6.07) is 15.3. The number of nitrogens with one attached hydrogen (secondary N) is 2. The Bertz CT molecular complexity index is 1330. The van der Waals surface area contributed by atoms with Gasteiger partial charge in [0.2, 0.25) is 0 Å². The first-order valence-electron chi connectivity index (χ1n) is 9.58. The molecule has 29 heavy (non-hydrogen) atoms. The molecule has 0 saturated carbocycles. The van der Waals surface area contributed by atoms with Gasteiger partial charge in [-0.1, -0.05) is 55.5 Å². The van der Waals surface area contributed by atoms with Crippen molar-refractivity contribution in [3.05, 3.63) is 103 Å². The van der Waals surface area contributed by atoms with Crippen molar-refractivity contribution < 1.29 is 4.79 Å². The summed E-state index contributed by atoms with van der Waals surface area (Å²) in [5, 5.41) is 3.22. The van der Waals surface area contributed by atoms with Gasteiger partial charge in [0.15, 0.2) is 5.78 Å². The van der Waals surface area contributed by atoms with Crippen molar-refractivity contribution in [1.82, 2.24) is 9.55 Å². The van der Waals surface area contributed by atoms with E-state index >= 15 is 0 Å². The molecular weight excluding hydrogens is 366 g/mol. The van der Waals surface area contributed by atoms with Crippen LogP contribution in [0.15, 0.2) is 63.7 Å². The van der Waals surface area contributed by atoms with Gasteiger partial charge in [-0.3, -0.25) is 19.1 Å². The molecule has 2 aliphatic rings. The quantitative estimate of drug-likeness (QED) is 0.711. The first kappa shape index (κ1) is 17.4. The van der Waals surface area contributed by atoms with Crippen molar-refractivity contribution in [3.8, 4) is 0 Å². The summed E-state index contributed by atoms with van der Waals surface area (Å²) in [4.78, 5) is 40.8. The largest absolute Gasteiger partial charge is 0.340 e. The average molecular weight is 385 g/mol.